The predicted octanol–water partition coefficient (Wildman–Crippen LogP) is 2.77. The van der Waals surface area contributed by atoms with Gasteiger partial charge in [-0.05, 0) is 36.5 Å². The van der Waals surface area contributed by atoms with Gasteiger partial charge < -0.3 is 10.6 Å². The highest BCUT2D eigenvalue weighted by atomic mass is 15.1. The second-order valence-electron chi connectivity index (χ2n) is 5.53. The number of nitrogen functional groups attached to an aromatic ring is 1. The van der Waals surface area contributed by atoms with Gasteiger partial charge >= 0.3 is 0 Å². The van der Waals surface area contributed by atoms with E-state index in [2.05, 4.69) is 24.8 Å². The SMILES string of the molecule is CC1(C)CCN(c2ccc(N)c(C#N)c2)CC1. The van der Waals surface area contributed by atoms with Crippen LogP contribution in [0.2, 0.25) is 0 Å². The Hall–Kier alpha value is -1.69. The van der Waals surface area contributed by atoms with E-state index in [1.165, 1.54) is 12.8 Å². The Kier molecular flexibility index (Phi) is 2.97. The summed E-state index contributed by atoms with van der Waals surface area (Å²) in [6.45, 7) is 6.74. The number of nitrogens with two attached hydrogens (primary N) is 1. The zero-order valence-electron chi connectivity index (χ0n) is 10.5. The Balaban J connectivity index is 2.17. The smallest absolute Gasteiger partial charge is 0.101 e. The summed E-state index contributed by atoms with van der Waals surface area (Å²) in [6.07, 6.45) is 2.39. The Bertz CT molecular complexity index is 447. The minimum Gasteiger partial charge on any atom is -0.398 e. The third kappa shape index (κ3) is 2.52. The molecule has 1 aliphatic rings. The normalized spacial score (nSPS) is 18.8. The molecule has 0 aromatic heterocycles. The zero-order valence-corrected chi connectivity index (χ0v) is 10.5. The molecule has 1 aliphatic heterocycles. The molecular formula is C14H19N3. The summed E-state index contributed by atoms with van der Waals surface area (Å²) in [5.41, 5.74) is 8.44. The number of hydrogen-bond donors (Lipinski definition) is 1. The first-order chi connectivity index (χ1) is 8.02. The Labute approximate surface area is 103 Å². The minimum absolute atomic E-state index is 0.447. The van der Waals surface area contributed by atoms with Gasteiger partial charge in [0.15, 0.2) is 0 Å². The van der Waals surface area contributed by atoms with Crippen LogP contribution in [0.4, 0.5) is 11.4 Å². The first-order valence-corrected chi connectivity index (χ1v) is 6.06. The van der Waals surface area contributed by atoms with Crippen LogP contribution in [0.25, 0.3) is 0 Å². The molecule has 1 fully saturated rings. The molecular weight excluding hydrogens is 210 g/mol. The summed E-state index contributed by atoms with van der Waals surface area (Å²) in [4.78, 5) is 2.34. The highest BCUT2D eigenvalue weighted by Gasteiger charge is 2.25. The third-order valence-electron chi connectivity index (χ3n) is 3.64. The molecule has 1 saturated heterocycles. The second kappa shape index (κ2) is 4.29. The largest absolute Gasteiger partial charge is 0.398 e. The maximum atomic E-state index is 8.98. The first-order valence-electron chi connectivity index (χ1n) is 6.06. The van der Waals surface area contributed by atoms with Crippen molar-refractivity contribution in [2.45, 2.75) is 26.7 Å². The molecule has 1 aromatic carbocycles. The summed E-state index contributed by atoms with van der Waals surface area (Å²) in [6, 6.07) is 7.87. The maximum Gasteiger partial charge on any atom is 0.101 e. The number of benzene rings is 1. The summed E-state index contributed by atoms with van der Waals surface area (Å²) in [5.74, 6) is 0. The number of rotatable bonds is 1. The van der Waals surface area contributed by atoms with Gasteiger partial charge in [-0.15, -0.1) is 0 Å². The van der Waals surface area contributed by atoms with Crippen LogP contribution in [-0.4, -0.2) is 13.1 Å². The van der Waals surface area contributed by atoms with Gasteiger partial charge in [0.05, 0.1) is 5.56 Å². The molecule has 0 radical (unpaired) electrons. The average molecular weight is 229 g/mol. The van der Waals surface area contributed by atoms with Crippen molar-refractivity contribution in [3.05, 3.63) is 23.8 Å². The van der Waals surface area contributed by atoms with Crippen LogP contribution in [0.5, 0.6) is 0 Å². The van der Waals surface area contributed by atoms with E-state index in [-0.39, 0.29) is 0 Å². The lowest BCUT2D eigenvalue weighted by Gasteiger charge is -2.38. The van der Waals surface area contributed by atoms with Crippen LogP contribution >= 0.6 is 0 Å². The van der Waals surface area contributed by atoms with Gasteiger partial charge in [-0.2, -0.15) is 5.26 Å². The van der Waals surface area contributed by atoms with E-state index >= 15 is 0 Å². The lowest BCUT2D eigenvalue weighted by atomic mass is 9.82. The molecule has 3 nitrogen and oxygen atoms in total. The second-order valence-corrected chi connectivity index (χ2v) is 5.53. The van der Waals surface area contributed by atoms with Crippen molar-refractivity contribution in [3.63, 3.8) is 0 Å². The predicted molar refractivity (Wildman–Crippen MR) is 70.8 cm³/mol. The van der Waals surface area contributed by atoms with E-state index in [1.807, 2.05) is 18.2 Å². The fourth-order valence-electron chi connectivity index (χ4n) is 2.21. The van der Waals surface area contributed by atoms with Gasteiger partial charge in [0.25, 0.3) is 0 Å². The number of hydrogen-bond acceptors (Lipinski definition) is 3. The van der Waals surface area contributed by atoms with Crippen molar-refractivity contribution < 1.29 is 0 Å². The van der Waals surface area contributed by atoms with E-state index in [0.717, 1.165) is 18.8 Å². The quantitative estimate of drug-likeness (QED) is 0.753. The monoisotopic (exact) mass is 229 g/mol. The minimum atomic E-state index is 0.447. The molecule has 2 rings (SSSR count). The van der Waals surface area contributed by atoms with Crippen molar-refractivity contribution in [2.24, 2.45) is 5.41 Å². The molecule has 0 spiro atoms. The fraction of sp³-hybridized carbons (Fsp3) is 0.500. The molecule has 17 heavy (non-hydrogen) atoms. The number of nitriles is 1. The van der Waals surface area contributed by atoms with Crippen LogP contribution in [0.1, 0.15) is 32.3 Å². The highest BCUT2D eigenvalue weighted by molar-refractivity contribution is 5.62. The molecule has 0 aliphatic carbocycles. The summed E-state index contributed by atoms with van der Waals surface area (Å²) in [5, 5.41) is 8.98. The van der Waals surface area contributed by atoms with Crippen LogP contribution in [-0.2, 0) is 0 Å². The first kappa shape index (κ1) is 11.8. The Morgan fingerprint density at radius 3 is 2.53 bits per heavy atom. The van der Waals surface area contributed by atoms with Crippen molar-refractivity contribution in [3.8, 4) is 6.07 Å². The highest BCUT2D eigenvalue weighted by Crippen LogP contribution is 2.32. The molecule has 0 saturated carbocycles. The van der Waals surface area contributed by atoms with Crippen molar-refractivity contribution >= 4 is 11.4 Å². The lowest BCUT2D eigenvalue weighted by molar-refractivity contribution is 0.280. The molecule has 0 bridgehead atoms. The van der Waals surface area contributed by atoms with E-state index in [1.54, 1.807) is 0 Å². The van der Waals surface area contributed by atoms with Crippen LogP contribution in [0.15, 0.2) is 18.2 Å². The molecule has 1 aromatic rings. The van der Waals surface area contributed by atoms with E-state index in [9.17, 15) is 0 Å². The van der Waals surface area contributed by atoms with Crippen LogP contribution in [0, 0.1) is 16.7 Å². The van der Waals surface area contributed by atoms with Crippen molar-refractivity contribution in [1.82, 2.24) is 0 Å². The standard InChI is InChI=1S/C14H19N3/c1-14(2)5-7-17(8-6-14)12-3-4-13(16)11(9-12)10-15/h3-4,9H,5-8,16H2,1-2H3. The molecule has 0 unspecified atom stereocenters. The van der Waals surface area contributed by atoms with E-state index in [4.69, 9.17) is 11.0 Å². The lowest BCUT2D eigenvalue weighted by Crippen LogP contribution is -2.37. The van der Waals surface area contributed by atoms with E-state index in [0.29, 0.717) is 16.7 Å². The Morgan fingerprint density at radius 2 is 1.94 bits per heavy atom. The third-order valence-corrected chi connectivity index (χ3v) is 3.64. The number of nitrogens with zero attached hydrogens (tertiary/aromatic N) is 2. The molecule has 2 N–H and O–H groups in total. The van der Waals surface area contributed by atoms with Gasteiger partial charge in [-0.3, -0.25) is 0 Å². The molecule has 1 heterocycles. The van der Waals surface area contributed by atoms with Crippen LogP contribution in [0.3, 0.4) is 0 Å². The van der Waals surface area contributed by atoms with E-state index < -0.39 is 0 Å². The maximum absolute atomic E-state index is 8.98. The molecule has 0 atom stereocenters. The van der Waals surface area contributed by atoms with Gasteiger partial charge in [0, 0.05) is 24.5 Å². The van der Waals surface area contributed by atoms with Crippen molar-refractivity contribution in [1.29, 1.82) is 5.26 Å². The summed E-state index contributed by atoms with van der Waals surface area (Å²) >= 11 is 0. The topological polar surface area (TPSA) is 53.0 Å². The number of anilines is 2. The van der Waals surface area contributed by atoms with Crippen LogP contribution < -0.4 is 10.6 Å². The van der Waals surface area contributed by atoms with Gasteiger partial charge in [0.1, 0.15) is 6.07 Å². The Morgan fingerprint density at radius 1 is 1.29 bits per heavy atom. The average Bonchev–Trinajstić information content (AvgIpc) is 2.30. The molecule has 0 amide bonds. The summed E-state index contributed by atoms with van der Waals surface area (Å²) in [7, 11) is 0. The fourth-order valence-corrected chi connectivity index (χ4v) is 2.21. The molecule has 3 heteroatoms. The number of piperidine rings is 1. The van der Waals surface area contributed by atoms with Gasteiger partial charge in [-0.1, -0.05) is 13.8 Å². The van der Waals surface area contributed by atoms with Gasteiger partial charge in [0.2, 0.25) is 0 Å². The summed E-state index contributed by atoms with van der Waals surface area (Å²) < 4.78 is 0. The van der Waals surface area contributed by atoms with Gasteiger partial charge in [-0.25, -0.2) is 0 Å². The zero-order chi connectivity index (χ0) is 12.5. The molecule has 90 valence electrons. The van der Waals surface area contributed by atoms with Crippen molar-refractivity contribution in [2.75, 3.05) is 23.7 Å².